The van der Waals surface area contributed by atoms with Gasteiger partial charge in [-0.3, -0.25) is 14.4 Å². The molecule has 9 heteroatoms. The first-order valence-electron chi connectivity index (χ1n) is 7.78. The second-order valence-electron chi connectivity index (χ2n) is 5.87. The molecule has 0 radical (unpaired) electrons. The van der Waals surface area contributed by atoms with Gasteiger partial charge in [-0.25, -0.2) is 0 Å². The van der Waals surface area contributed by atoms with Crippen LogP contribution >= 0.6 is 0 Å². The molecule has 6 nitrogen and oxygen atoms in total. The van der Waals surface area contributed by atoms with Crippen molar-refractivity contribution >= 4 is 23.4 Å². The maximum absolute atomic E-state index is 13.0. The van der Waals surface area contributed by atoms with Gasteiger partial charge in [0, 0.05) is 13.1 Å². The Bertz CT molecular complexity index is 747. The smallest absolute Gasteiger partial charge is 0.330 e. The van der Waals surface area contributed by atoms with Crippen LogP contribution in [-0.4, -0.2) is 53.7 Å². The van der Waals surface area contributed by atoms with Crippen LogP contribution in [0.25, 0.3) is 0 Å². The Kier molecular flexibility index (Phi) is 5.69. The van der Waals surface area contributed by atoms with Crippen LogP contribution in [-0.2, 0) is 20.6 Å². The Morgan fingerprint density at radius 3 is 2.58 bits per heavy atom. The van der Waals surface area contributed by atoms with Crippen molar-refractivity contribution in [3.63, 3.8) is 0 Å². The fourth-order valence-electron chi connectivity index (χ4n) is 2.56. The molecule has 0 spiro atoms. The van der Waals surface area contributed by atoms with E-state index in [-0.39, 0.29) is 31.9 Å². The van der Waals surface area contributed by atoms with Crippen LogP contribution in [0.5, 0.6) is 0 Å². The quantitative estimate of drug-likeness (QED) is 0.823. The predicted octanol–water partition coefficient (Wildman–Crippen LogP) is 1.81. The average Bonchev–Trinajstić information content (AvgIpc) is 2.54. The van der Waals surface area contributed by atoms with E-state index in [4.69, 9.17) is 0 Å². The molecule has 0 aliphatic carbocycles. The number of nitrogens with one attached hydrogen (secondary N) is 1. The molecule has 140 valence electrons. The lowest BCUT2D eigenvalue weighted by atomic mass is 10.1. The third-order valence-electron chi connectivity index (χ3n) is 3.89. The zero-order valence-electron chi connectivity index (χ0n) is 14.1. The minimum Gasteiger partial charge on any atom is -0.330 e. The van der Waals surface area contributed by atoms with E-state index in [0.717, 1.165) is 12.1 Å². The summed E-state index contributed by atoms with van der Waals surface area (Å²) in [5, 5.41) is 2.22. The number of hydrogen-bond acceptors (Lipinski definition) is 3. The first kappa shape index (κ1) is 19.5. The molecule has 1 heterocycles. The molecule has 1 N–H and O–H groups in total. The van der Waals surface area contributed by atoms with Gasteiger partial charge < -0.3 is 15.1 Å². The van der Waals surface area contributed by atoms with Gasteiger partial charge in [0.05, 0.1) is 17.8 Å². The van der Waals surface area contributed by atoms with E-state index < -0.39 is 29.5 Å². The fraction of sp³-hybridized carbons (Fsp3) is 0.353. The van der Waals surface area contributed by atoms with E-state index in [2.05, 4.69) is 11.9 Å². The summed E-state index contributed by atoms with van der Waals surface area (Å²) in [4.78, 5) is 38.1. The molecule has 0 atom stereocenters. The highest BCUT2D eigenvalue weighted by atomic mass is 19.4. The largest absolute Gasteiger partial charge is 0.418 e. The molecule has 1 fully saturated rings. The van der Waals surface area contributed by atoms with E-state index in [1.54, 1.807) is 6.92 Å². The van der Waals surface area contributed by atoms with Crippen molar-refractivity contribution in [2.45, 2.75) is 13.1 Å². The first-order chi connectivity index (χ1) is 12.1. The van der Waals surface area contributed by atoms with Crippen molar-refractivity contribution in [2.75, 3.05) is 31.5 Å². The lowest BCUT2D eigenvalue weighted by Gasteiger charge is -2.33. The minimum atomic E-state index is -4.61. The Morgan fingerprint density at radius 1 is 1.31 bits per heavy atom. The molecule has 1 aromatic rings. The number of halogens is 3. The van der Waals surface area contributed by atoms with Crippen LogP contribution in [0, 0.1) is 6.92 Å². The fourth-order valence-corrected chi connectivity index (χ4v) is 2.56. The Hall–Kier alpha value is -2.84. The molecule has 3 amide bonds. The van der Waals surface area contributed by atoms with Gasteiger partial charge in [-0.05, 0) is 30.7 Å². The minimum absolute atomic E-state index is 0.117. The highest BCUT2D eigenvalue weighted by Crippen LogP contribution is 2.35. The number of carbonyl (C=O) groups is 3. The zero-order valence-corrected chi connectivity index (χ0v) is 14.1. The number of amides is 3. The molecule has 0 saturated carbocycles. The number of benzene rings is 1. The average molecular weight is 369 g/mol. The van der Waals surface area contributed by atoms with Crippen molar-refractivity contribution in [1.29, 1.82) is 0 Å². The van der Waals surface area contributed by atoms with Crippen LogP contribution in [0.3, 0.4) is 0 Å². The van der Waals surface area contributed by atoms with Gasteiger partial charge in [-0.15, -0.1) is 0 Å². The molecular formula is C17H18F3N3O3. The molecule has 2 rings (SSSR count). The summed E-state index contributed by atoms with van der Waals surface area (Å²) in [5.74, 6) is -1.59. The molecular weight excluding hydrogens is 351 g/mol. The van der Waals surface area contributed by atoms with Crippen molar-refractivity contribution in [3.05, 3.63) is 42.0 Å². The summed E-state index contributed by atoms with van der Waals surface area (Å²) in [6, 6.07) is 3.43. The molecule has 1 aliphatic rings. The van der Waals surface area contributed by atoms with Gasteiger partial charge in [0.15, 0.2) is 0 Å². The molecule has 0 bridgehead atoms. The van der Waals surface area contributed by atoms with Crippen LogP contribution in [0.15, 0.2) is 30.9 Å². The second-order valence-corrected chi connectivity index (χ2v) is 5.87. The highest BCUT2D eigenvalue weighted by Gasteiger charge is 2.34. The lowest BCUT2D eigenvalue weighted by Crippen LogP contribution is -2.53. The van der Waals surface area contributed by atoms with E-state index in [1.807, 2.05) is 0 Å². The normalized spacial score (nSPS) is 15.0. The zero-order chi connectivity index (χ0) is 19.5. The van der Waals surface area contributed by atoms with Gasteiger partial charge in [0.2, 0.25) is 17.7 Å². The number of carbonyl (C=O) groups excluding carboxylic acids is 3. The summed E-state index contributed by atoms with van der Waals surface area (Å²) < 4.78 is 39.1. The van der Waals surface area contributed by atoms with Crippen LogP contribution < -0.4 is 5.32 Å². The van der Waals surface area contributed by atoms with Crippen LogP contribution in [0.4, 0.5) is 18.9 Å². The number of piperazine rings is 1. The summed E-state index contributed by atoms with van der Waals surface area (Å²) in [5.41, 5.74) is -0.750. The Labute approximate surface area is 148 Å². The van der Waals surface area contributed by atoms with Gasteiger partial charge in [0.25, 0.3) is 0 Å². The van der Waals surface area contributed by atoms with E-state index in [1.165, 1.54) is 21.9 Å². The van der Waals surface area contributed by atoms with Crippen molar-refractivity contribution in [3.8, 4) is 0 Å². The molecule has 1 aliphatic heterocycles. The standard InChI is InChI=1S/C17H18F3N3O3/c1-3-15(25)23-7-6-22(16(26)10-23)9-14(24)21-13-8-11(2)4-5-12(13)17(18,19)20/h3-5,8H,1,6-7,9-10H2,2H3,(H,21,24). The van der Waals surface area contributed by atoms with E-state index in [9.17, 15) is 27.6 Å². The van der Waals surface area contributed by atoms with Crippen molar-refractivity contribution in [2.24, 2.45) is 0 Å². The second kappa shape index (κ2) is 7.59. The molecule has 26 heavy (non-hydrogen) atoms. The highest BCUT2D eigenvalue weighted by molar-refractivity contribution is 5.97. The summed E-state index contributed by atoms with van der Waals surface area (Å²) in [6.07, 6.45) is -3.52. The number of rotatable bonds is 4. The number of anilines is 1. The van der Waals surface area contributed by atoms with Gasteiger partial charge in [-0.2, -0.15) is 13.2 Å². The first-order valence-corrected chi connectivity index (χ1v) is 7.78. The third kappa shape index (κ3) is 4.62. The number of alkyl halides is 3. The molecule has 1 saturated heterocycles. The topological polar surface area (TPSA) is 69.7 Å². The molecule has 0 aromatic heterocycles. The van der Waals surface area contributed by atoms with Gasteiger partial charge >= 0.3 is 6.18 Å². The number of hydrogen-bond donors (Lipinski definition) is 1. The van der Waals surface area contributed by atoms with Crippen molar-refractivity contribution in [1.82, 2.24) is 9.80 Å². The van der Waals surface area contributed by atoms with Crippen LogP contribution in [0.2, 0.25) is 0 Å². The van der Waals surface area contributed by atoms with Crippen molar-refractivity contribution < 1.29 is 27.6 Å². The maximum Gasteiger partial charge on any atom is 0.418 e. The SMILES string of the molecule is C=CC(=O)N1CCN(CC(=O)Nc2cc(C)ccc2C(F)(F)F)C(=O)C1. The van der Waals surface area contributed by atoms with Gasteiger partial charge in [-0.1, -0.05) is 12.6 Å². The van der Waals surface area contributed by atoms with E-state index in [0.29, 0.717) is 5.56 Å². The molecule has 1 aromatic carbocycles. The summed E-state index contributed by atoms with van der Waals surface area (Å²) in [7, 11) is 0. The molecule has 0 unspecified atom stereocenters. The number of nitrogens with zero attached hydrogens (tertiary/aromatic N) is 2. The monoisotopic (exact) mass is 369 g/mol. The Balaban J connectivity index is 2.04. The Morgan fingerprint density at radius 2 is 2.00 bits per heavy atom. The predicted molar refractivity (Wildman–Crippen MR) is 88.2 cm³/mol. The lowest BCUT2D eigenvalue weighted by molar-refractivity contribution is -0.144. The summed E-state index contributed by atoms with van der Waals surface area (Å²) >= 11 is 0. The van der Waals surface area contributed by atoms with E-state index >= 15 is 0 Å². The summed E-state index contributed by atoms with van der Waals surface area (Å²) in [6.45, 7) is 4.70. The third-order valence-corrected chi connectivity index (χ3v) is 3.89. The van der Waals surface area contributed by atoms with Gasteiger partial charge in [0.1, 0.15) is 6.54 Å². The number of aryl methyl sites for hydroxylation is 1. The maximum atomic E-state index is 13.0. The van der Waals surface area contributed by atoms with Crippen LogP contribution in [0.1, 0.15) is 11.1 Å².